The Balaban J connectivity index is 1.42. The molecule has 1 unspecified atom stereocenters. The minimum absolute atomic E-state index is 0.612. The van der Waals surface area contributed by atoms with Gasteiger partial charge in [-0.2, -0.15) is 0 Å². The molecule has 1 aliphatic rings. The zero-order chi connectivity index (χ0) is 15.6. The standard InChI is InChI=1S/C17H19N5S/c1-12-2-5-18-15(8-12)19-9-13-3-6-22(10-13)16-14-4-7-23-17(14)21-11-20-16/h2,4-5,7-8,11,13H,3,6,9-10H2,1H3,(H,18,19). The second-order valence-electron chi connectivity index (χ2n) is 6.04. The molecule has 0 aromatic carbocycles. The molecular formula is C17H19N5S. The number of aryl methyl sites for hydroxylation is 1. The summed E-state index contributed by atoms with van der Waals surface area (Å²) >= 11 is 1.67. The van der Waals surface area contributed by atoms with Gasteiger partial charge in [0, 0.05) is 25.8 Å². The van der Waals surface area contributed by atoms with Crippen molar-refractivity contribution in [3.8, 4) is 0 Å². The van der Waals surface area contributed by atoms with Crippen LogP contribution >= 0.6 is 11.3 Å². The molecule has 1 fully saturated rings. The van der Waals surface area contributed by atoms with Gasteiger partial charge in [-0.05, 0) is 48.4 Å². The second kappa shape index (κ2) is 6.12. The van der Waals surface area contributed by atoms with E-state index in [0.717, 1.165) is 36.1 Å². The number of hydrogen-bond donors (Lipinski definition) is 1. The third-order valence-corrected chi connectivity index (χ3v) is 5.13. The lowest BCUT2D eigenvalue weighted by molar-refractivity contribution is 0.621. The van der Waals surface area contributed by atoms with Gasteiger partial charge in [0.25, 0.3) is 0 Å². The largest absolute Gasteiger partial charge is 0.370 e. The normalized spacial score (nSPS) is 17.8. The van der Waals surface area contributed by atoms with Crippen molar-refractivity contribution in [2.75, 3.05) is 29.9 Å². The zero-order valence-corrected chi connectivity index (χ0v) is 13.9. The minimum atomic E-state index is 0.612. The van der Waals surface area contributed by atoms with Gasteiger partial charge in [0.1, 0.15) is 22.8 Å². The van der Waals surface area contributed by atoms with Gasteiger partial charge in [-0.15, -0.1) is 11.3 Å². The highest BCUT2D eigenvalue weighted by Gasteiger charge is 2.25. The van der Waals surface area contributed by atoms with E-state index in [2.05, 4.69) is 49.6 Å². The summed E-state index contributed by atoms with van der Waals surface area (Å²) in [5.74, 6) is 2.65. The van der Waals surface area contributed by atoms with E-state index in [1.807, 2.05) is 12.3 Å². The Labute approximate surface area is 139 Å². The molecule has 0 amide bonds. The van der Waals surface area contributed by atoms with Gasteiger partial charge in [0.05, 0.1) is 5.39 Å². The Morgan fingerprint density at radius 3 is 3.17 bits per heavy atom. The molecule has 118 valence electrons. The molecule has 1 aliphatic heterocycles. The molecule has 4 rings (SSSR count). The molecule has 6 heteroatoms. The Bertz CT molecular complexity index is 815. The van der Waals surface area contributed by atoms with Crippen molar-refractivity contribution in [3.05, 3.63) is 41.7 Å². The minimum Gasteiger partial charge on any atom is -0.370 e. The van der Waals surface area contributed by atoms with Crippen LogP contribution in [-0.2, 0) is 0 Å². The van der Waals surface area contributed by atoms with Crippen LogP contribution in [0.2, 0.25) is 0 Å². The van der Waals surface area contributed by atoms with Crippen LogP contribution < -0.4 is 10.2 Å². The molecule has 3 aromatic rings. The predicted molar refractivity (Wildman–Crippen MR) is 95.2 cm³/mol. The molecule has 0 radical (unpaired) electrons. The highest BCUT2D eigenvalue weighted by atomic mass is 32.1. The van der Waals surface area contributed by atoms with E-state index < -0.39 is 0 Å². The lowest BCUT2D eigenvalue weighted by Crippen LogP contribution is -2.23. The van der Waals surface area contributed by atoms with Crippen LogP contribution in [0.1, 0.15) is 12.0 Å². The van der Waals surface area contributed by atoms with Gasteiger partial charge in [-0.1, -0.05) is 0 Å². The zero-order valence-electron chi connectivity index (χ0n) is 13.1. The van der Waals surface area contributed by atoms with Crippen LogP contribution in [0.15, 0.2) is 36.1 Å². The summed E-state index contributed by atoms with van der Waals surface area (Å²) in [6.07, 6.45) is 4.71. The lowest BCUT2D eigenvalue weighted by atomic mass is 10.1. The summed E-state index contributed by atoms with van der Waals surface area (Å²) in [6.45, 7) is 5.12. The molecule has 0 spiro atoms. The molecule has 0 saturated carbocycles. The Morgan fingerprint density at radius 1 is 1.30 bits per heavy atom. The average molecular weight is 325 g/mol. The third kappa shape index (κ3) is 2.99. The second-order valence-corrected chi connectivity index (χ2v) is 6.93. The first-order valence-electron chi connectivity index (χ1n) is 7.89. The van der Waals surface area contributed by atoms with Gasteiger partial charge in [-0.25, -0.2) is 15.0 Å². The summed E-state index contributed by atoms with van der Waals surface area (Å²) < 4.78 is 0. The molecular weight excluding hydrogens is 306 g/mol. The number of thiophene rings is 1. The number of rotatable bonds is 4. The molecule has 23 heavy (non-hydrogen) atoms. The van der Waals surface area contributed by atoms with E-state index in [0.29, 0.717) is 5.92 Å². The van der Waals surface area contributed by atoms with Crippen LogP contribution in [0.25, 0.3) is 10.2 Å². The fourth-order valence-electron chi connectivity index (χ4n) is 3.10. The quantitative estimate of drug-likeness (QED) is 0.797. The number of aromatic nitrogens is 3. The summed E-state index contributed by atoms with van der Waals surface area (Å²) in [6, 6.07) is 6.23. The fraction of sp³-hybridized carbons (Fsp3) is 0.353. The SMILES string of the molecule is Cc1ccnc(NCC2CCN(c3ncnc4sccc34)C2)c1. The van der Waals surface area contributed by atoms with Gasteiger partial charge < -0.3 is 10.2 Å². The van der Waals surface area contributed by atoms with Gasteiger partial charge in [0.15, 0.2) is 0 Å². The number of fused-ring (bicyclic) bond motifs is 1. The van der Waals surface area contributed by atoms with Crippen molar-refractivity contribution < 1.29 is 0 Å². The molecule has 1 saturated heterocycles. The monoisotopic (exact) mass is 325 g/mol. The van der Waals surface area contributed by atoms with Crippen LogP contribution in [0.5, 0.6) is 0 Å². The van der Waals surface area contributed by atoms with Gasteiger partial charge >= 0.3 is 0 Å². The van der Waals surface area contributed by atoms with Crippen LogP contribution in [-0.4, -0.2) is 34.6 Å². The summed E-state index contributed by atoms with van der Waals surface area (Å²) in [5, 5.41) is 6.72. The third-order valence-electron chi connectivity index (χ3n) is 4.31. The Morgan fingerprint density at radius 2 is 2.26 bits per heavy atom. The van der Waals surface area contributed by atoms with Gasteiger partial charge in [0.2, 0.25) is 0 Å². The van der Waals surface area contributed by atoms with E-state index in [1.54, 1.807) is 17.7 Å². The molecule has 1 atom stereocenters. The van der Waals surface area contributed by atoms with Crippen LogP contribution in [0.4, 0.5) is 11.6 Å². The van der Waals surface area contributed by atoms with Crippen molar-refractivity contribution in [2.45, 2.75) is 13.3 Å². The molecule has 3 aromatic heterocycles. The first kappa shape index (κ1) is 14.4. The fourth-order valence-corrected chi connectivity index (χ4v) is 3.83. The highest BCUT2D eigenvalue weighted by Crippen LogP contribution is 2.30. The van der Waals surface area contributed by atoms with Crippen molar-refractivity contribution in [1.82, 2.24) is 15.0 Å². The van der Waals surface area contributed by atoms with Crippen molar-refractivity contribution in [2.24, 2.45) is 5.92 Å². The Kier molecular flexibility index (Phi) is 3.83. The highest BCUT2D eigenvalue weighted by molar-refractivity contribution is 7.16. The number of nitrogens with one attached hydrogen (secondary N) is 1. The summed E-state index contributed by atoms with van der Waals surface area (Å²) in [4.78, 5) is 16.7. The molecule has 4 heterocycles. The van der Waals surface area contributed by atoms with Crippen LogP contribution in [0.3, 0.4) is 0 Å². The topological polar surface area (TPSA) is 53.9 Å². The first-order valence-corrected chi connectivity index (χ1v) is 8.77. The maximum absolute atomic E-state index is 4.51. The first-order chi connectivity index (χ1) is 11.3. The van der Waals surface area contributed by atoms with Crippen molar-refractivity contribution in [3.63, 3.8) is 0 Å². The van der Waals surface area contributed by atoms with E-state index in [1.165, 1.54) is 17.4 Å². The maximum atomic E-state index is 4.51. The molecule has 5 nitrogen and oxygen atoms in total. The van der Waals surface area contributed by atoms with Crippen LogP contribution in [0, 0.1) is 12.8 Å². The number of hydrogen-bond acceptors (Lipinski definition) is 6. The van der Waals surface area contributed by atoms with E-state index >= 15 is 0 Å². The van der Waals surface area contributed by atoms with E-state index in [4.69, 9.17) is 0 Å². The smallest absolute Gasteiger partial charge is 0.140 e. The summed E-state index contributed by atoms with van der Waals surface area (Å²) in [5.41, 5.74) is 1.23. The number of nitrogens with zero attached hydrogens (tertiary/aromatic N) is 4. The van der Waals surface area contributed by atoms with E-state index in [-0.39, 0.29) is 0 Å². The van der Waals surface area contributed by atoms with E-state index in [9.17, 15) is 0 Å². The van der Waals surface area contributed by atoms with Crippen molar-refractivity contribution >= 4 is 33.2 Å². The number of pyridine rings is 1. The predicted octanol–water partition coefficient (Wildman–Crippen LogP) is 3.33. The Hall–Kier alpha value is -2.21. The molecule has 1 N–H and O–H groups in total. The lowest BCUT2D eigenvalue weighted by Gasteiger charge is -2.18. The number of anilines is 2. The molecule has 0 bridgehead atoms. The molecule has 0 aliphatic carbocycles. The van der Waals surface area contributed by atoms with Crippen molar-refractivity contribution in [1.29, 1.82) is 0 Å². The summed E-state index contributed by atoms with van der Waals surface area (Å²) in [7, 11) is 0. The average Bonchev–Trinajstić information content (AvgIpc) is 3.22. The maximum Gasteiger partial charge on any atom is 0.140 e. The van der Waals surface area contributed by atoms with Gasteiger partial charge in [-0.3, -0.25) is 0 Å².